The van der Waals surface area contributed by atoms with Crippen molar-refractivity contribution in [3.8, 4) is 0 Å². The predicted molar refractivity (Wildman–Crippen MR) is 78.3 cm³/mol. The molecule has 0 unspecified atom stereocenters. The van der Waals surface area contributed by atoms with Gasteiger partial charge in [-0.3, -0.25) is 4.72 Å². The Hall–Kier alpha value is -1.60. The number of rotatable bonds is 3. The molecule has 0 fully saturated rings. The zero-order chi connectivity index (χ0) is 14.0. The minimum Gasteiger partial charge on any atom is -0.384 e. The molecule has 0 aliphatic heterocycles. The van der Waals surface area contributed by atoms with Crippen molar-refractivity contribution in [2.24, 2.45) is 0 Å². The van der Waals surface area contributed by atoms with Gasteiger partial charge in [0.2, 0.25) is 0 Å². The van der Waals surface area contributed by atoms with Gasteiger partial charge in [0, 0.05) is 4.47 Å². The van der Waals surface area contributed by atoms with Crippen LogP contribution in [0.1, 0.15) is 5.56 Å². The minimum absolute atomic E-state index is 0.199. The van der Waals surface area contributed by atoms with Crippen LogP contribution < -0.4 is 10.5 Å². The summed E-state index contributed by atoms with van der Waals surface area (Å²) < 4.78 is 27.6. The van der Waals surface area contributed by atoms with Crippen LogP contribution in [0.15, 0.2) is 45.9 Å². The van der Waals surface area contributed by atoms with Crippen LogP contribution in [-0.4, -0.2) is 13.4 Å². The van der Waals surface area contributed by atoms with Crippen molar-refractivity contribution in [3.05, 3.63) is 46.6 Å². The van der Waals surface area contributed by atoms with Gasteiger partial charge >= 0.3 is 0 Å². The number of hydrogen-bond acceptors (Lipinski definition) is 4. The lowest BCUT2D eigenvalue weighted by molar-refractivity contribution is 0.601. The van der Waals surface area contributed by atoms with Crippen molar-refractivity contribution >= 4 is 37.5 Å². The van der Waals surface area contributed by atoms with Crippen molar-refractivity contribution < 1.29 is 8.42 Å². The zero-order valence-corrected chi connectivity index (χ0v) is 12.5. The molecule has 0 saturated heterocycles. The number of benzene rings is 1. The lowest BCUT2D eigenvalue weighted by atomic mass is 10.2. The van der Waals surface area contributed by atoms with Crippen LogP contribution in [-0.2, 0) is 10.0 Å². The second-order valence-electron chi connectivity index (χ2n) is 3.99. The normalized spacial score (nSPS) is 11.3. The molecule has 1 heterocycles. The second kappa shape index (κ2) is 5.18. The number of aromatic nitrogens is 1. The molecular formula is C12H12BrN3O2S. The smallest absolute Gasteiger partial charge is 0.261 e. The van der Waals surface area contributed by atoms with Gasteiger partial charge in [-0.1, -0.05) is 15.9 Å². The molecule has 0 aliphatic carbocycles. The molecule has 0 radical (unpaired) electrons. The lowest BCUT2D eigenvalue weighted by Gasteiger charge is -2.09. The molecule has 2 rings (SSSR count). The molecule has 0 saturated carbocycles. The maximum Gasteiger partial charge on any atom is 0.261 e. The number of nitrogen functional groups attached to an aromatic ring is 1. The highest BCUT2D eigenvalue weighted by Crippen LogP contribution is 2.22. The maximum atomic E-state index is 12.2. The van der Waals surface area contributed by atoms with Crippen molar-refractivity contribution in [2.75, 3.05) is 10.5 Å². The number of nitrogens with two attached hydrogens (primary N) is 1. The Labute approximate surface area is 120 Å². The Bertz CT molecular complexity index is 699. The van der Waals surface area contributed by atoms with Crippen LogP contribution in [0.3, 0.4) is 0 Å². The van der Waals surface area contributed by atoms with E-state index in [9.17, 15) is 8.42 Å². The highest BCUT2D eigenvalue weighted by atomic mass is 79.9. The fraction of sp³-hybridized carbons (Fsp3) is 0.0833. The van der Waals surface area contributed by atoms with E-state index in [1.165, 1.54) is 18.3 Å². The van der Waals surface area contributed by atoms with Gasteiger partial charge in [0.25, 0.3) is 10.0 Å². The second-order valence-corrected chi connectivity index (χ2v) is 6.52. The summed E-state index contributed by atoms with van der Waals surface area (Å²) in [4.78, 5) is 4.03. The van der Waals surface area contributed by atoms with E-state index >= 15 is 0 Å². The number of sulfonamides is 1. The number of halogens is 1. The molecule has 5 nitrogen and oxygen atoms in total. The molecule has 0 aliphatic rings. The number of pyridine rings is 1. The number of nitrogens with zero attached hydrogens (tertiary/aromatic N) is 1. The Kier molecular flexibility index (Phi) is 3.77. The van der Waals surface area contributed by atoms with Crippen LogP contribution in [0, 0.1) is 6.92 Å². The number of anilines is 2. The van der Waals surface area contributed by atoms with Gasteiger partial charge in [0.15, 0.2) is 0 Å². The molecule has 2 aromatic rings. The van der Waals surface area contributed by atoms with Gasteiger partial charge in [-0.15, -0.1) is 0 Å². The van der Waals surface area contributed by atoms with E-state index in [2.05, 4.69) is 25.6 Å². The number of nitrogens with one attached hydrogen (secondary N) is 1. The van der Waals surface area contributed by atoms with E-state index in [1.807, 2.05) is 6.92 Å². The average Bonchev–Trinajstić information content (AvgIpc) is 2.35. The van der Waals surface area contributed by atoms with Crippen LogP contribution in [0.4, 0.5) is 11.5 Å². The summed E-state index contributed by atoms with van der Waals surface area (Å²) in [5, 5.41) is 0. The Morgan fingerprint density at radius 3 is 2.58 bits per heavy atom. The third-order valence-electron chi connectivity index (χ3n) is 2.48. The first-order valence-corrected chi connectivity index (χ1v) is 7.66. The molecule has 7 heteroatoms. The monoisotopic (exact) mass is 341 g/mol. The summed E-state index contributed by atoms with van der Waals surface area (Å²) in [7, 11) is -3.62. The molecular weight excluding hydrogens is 330 g/mol. The van der Waals surface area contributed by atoms with E-state index in [0.717, 1.165) is 10.0 Å². The first-order chi connectivity index (χ1) is 8.88. The van der Waals surface area contributed by atoms with E-state index < -0.39 is 10.0 Å². The number of hydrogen-bond donors (Lipinski definition) is 2. The summed E-state index contributed by atoms with van der Waals surface area (Å²) in [6.45, 7) is 1.83. The summed E-state index contributed by atoms with van der Waals surface area (Å²) in [5.74, 6) is 0.336. The first-order valence-electron chi connectivity index (χ1n) is 5.39. The van der Waals surface area contributed by atoms with Crippen LogP contribution in [0.2, 0.25) is 0 Å². The third kappa shape index (κ3) is 3.24. The molecule has 1 aromatic heterocycles. The maximum absolute atomic E-state index is 12.2. The van der Waals surface area contributed by atoms with Gasteiger partial charge in [-0.25, -0.2) is 13.4 Å². The molecule has 1 aromatic carbocycles. The SMILES string of the molecule is Cc1cc(S(=O)(=O)Nc2ccc(N)nc2)ccc1Br. The molecule has 0 atom stereocenters. The molecule has 19 heavy (non-hydrogen) atoms. The Morgan fingerprint density at radius 2 is 2.00 bits per heavy atom. The van der Waals surface area contributed by atoms with Crippen LogP contribution in [0.5, 0.6) is 0 Å². The summed E-state index contributed by atoms with van der Waals surface area (Å²) in [6.07, 6.45) is 1.37. The van der Waals surface area contributed by atoms with Crippen molar-refractivity contribution in [3.63, 3.8) is 0 Å². The fourth-order valence-corrected chi connectivity index (χ4v) is 2.84. The highest BCUT2D eigenvalue weighted by Gasteiger charge is 2.15. The van der Waals surface area contributed by atoms with Gasteiger partial charge in [0.1, 0.15) is 5.82 Å². The minimum atomic E-state index is -3.62. The molecule has 0 spiro atoms. The standard InChI is InChI=1S/C12H12BrN3O2S/c1-8-6-10(3-4-11(8)13)19(17,18)16-9-2-5-12(14)15-7-9/h2-7,16H,1H3,(H2,14,15). The largest absolute Gasteiger partial charge is 0.384 e. The van der Waals surface area contributed by atoms with Gasteiger partial charge in [-0.05, 0) is 42.8 Å². The molecule has 100 valence electrons. The van der Waals surface area contributed by atoms with E-state index in [-0.39, 0.29) is 4.90 Å². The molecule has 0 amide bonds. The summed E-state index contributed by atoms with van der Waals surface area (Å²) in [6, 6.07) is 7.92. The first kappa shape index (κ1) is 13.8. The van der Waals surface area contributed by atoms with Crippen molar-refractivity contribution in [1.29, 1.82) is 0 Å². The van der Waals surface area contributed by atoms with E-state index in [1.54, 1.807) is 18.2 Å². The molecule has 3 N–H and O–H groups in total. The predicted octanol–water partition coefficient (Wildman–Crippen LogP) is 2.54. The summed E-state index contributed by atoms with van der Waals surface area (Å²) in [5.41, 5.74) is 6.66. The van der Waals surface area contributed by atoms with Gasteiger partial charge < -0.3 is 5.73 Å². The van der Waals surface area contributed by atoms with E-state index in [4.69, 9.17) is 5.73 Å². The van der Waals surface area contributed by atoms with Crippen LogP contribution in [0.25, 0.3) is 0 Å². The third-order valence-corrected chi connectivity index (χ3v) is 4.75. The number of aryl methyl sites for hydroxylation is 1. The topological polar surface area (TPSA) is 85.1 Å². The Balaban J connectivity index is 2.32. The van der Waals surface area contributed by atoms with Gasteiger partial charge in [-0.2, -0.15) is 0 Å². The quantitative estimate of drug-likeness (QED) is 0.898. The average molecular weight is 342 g/mol. The fourth-order valence-electron chi connectivity index (χ4n) is 1.46. The summed E-state index contributed by atoms with van der Waals surface area (Å²) >= 11 is 3.33. The zero-order valence-electron chi connectivity index (χ0n) is 10.1. The highest BCUT2D eigenvalue weighted by molar-refractivity contribution is 9.10. The Morgan fingerprint density at radius 1 is 1.26 bits per heavy atom. The van der Waals surface area contributed by atoms with Crippen molar-refractivity contribution in [2.45, 2.75) is 11.8 Å². The lowest BCUT2D eigenvalue weighted by Crippen LogP contribution is -2.13. The van der Waals surface area contributed by atoms with Crippen molar-refractivity contribution in [1.82, 2.24) is 4.98 Å². The van der Waals surface area contributed by atoms with E-state index in [0.29, 0.717) is 11.5 Å². The molecule has 0 bridgehead atoms. The van der Waals surface area contributed by atoms with Gasteiger partial charge in [0.05, 0.1) is 16.8 Å². The van der Waals surface area contributed by atoms with Crippen LogP contribution >= 0.6 is 15.9 Å².